The molecule has 1 heterocycles. The Morgan fingerprint density at radius 1 is 1.36 bits per heavy atom. The van der Waals surface area contributed by atoms with Crippen LogP contribution in [0.4, 0.5) is 10.5 Å². The van der Waals surface area contributed by atoms with E-state index in [-0.39, 0.29) is 6.03 Å². The number of carbonyl (C=O) groups excluding carboxylic acids is 1. The highest BCUT2D eigenvalue weighted by Crippen LogP contribution is 2.16. The number of rotatable bonds is 2. The van der Waals surface area contributed by atoms with E-state index in [1.54, 1.807) is 12.0 Å². The first-order chi connectivity index (χ1) is 6.79. The average Bonchev–Trinajstić information content (AvgIpc) is 3.02. The third-order valence-corrected chi connectivity index (χ3v) is 2.08. The van der Waals surface area contributed by atoms with E-state index in [4.69, 9.17) is 4.74 Å². The lowest BCUT2D eigenvalue weighted by Gasteiger charge is -2.06. The zero-order valence-corrected chi connectivity index (χ0v) is 7.99. The number of hydrogen-bond donors (Lipinski definition) is 1. The van der Waals surface area contributed by atoms with Crippen LogP contribution in [0.15, 0.2) is 24.3 Å². The lowest BCUT2D eigenvalue weighted by Crippen LogP contribution is -2.18. The first-order valence-corrected chi connectivity index (χ1v) is 4.49. The zero-order valence-electron chi connectivity index (χ0n) is 7.99. The van der Waals surface area contributed by atoms with Gasteiger partial charge in [0.1, 0.15) is 5.75 Å². The molecule has 0 unspecified atom stereocenters. The monoisotopic (exact) mass is 192 g/mol. The van der Waals surface area contributed by atoms with E-state index < -0.39 is 0 Å². The maximum absolute atomic E-state index is 11.3. The third-order valence-electron chi connectivity index (χ3n) is 2.08. The van der Waals surface area contributed by atoms with Gasteiger partial charge in [-0.1, -0.05) is 0 Å². The fourth-order valence-corrected chi connectivity index (χ4v) is 1.13. The zero-order chi connectivity index (χ0) is 9.97. The molecular formula is C10H12N2O2. The Kier molecular flexibility index (Phi) is 2.26. The van der Waals surface area contributed by atoms with Crippen molar-refractivity contribution in [2.45, 2.75) is 0 Å². The highest BCUT2D eigenvalue weighted by atomic mass is 16.5. The summed E-state index contributed by atoms with van der Waals surface area (Å²) in [4.78, 5) is 13.0. The van der Waals surface area contributed by atoms with Crippen LogP contribution in [0.3, 0.4) is 0 Å². The van der Waals surface area contributed by atoms with Gasteiger partial charge in [-0.3, -0.25) is 0 Å². The maximum atomic E-state index is 11.3. The van der Waals surface area contributed by atoms with E-state index >= 15 is 0 Å². The summed E-state index contributed by atoms with van der Waals surface area (Å²) in [5, 5.41) is 2.79. The van der Waals surface area contributed by atoms with Crippen molar-refractivity contribution in [3.8, 4) is 5.75 Å². The van der Waals surface area contributed by atoms with Gasteiger partial charge in [-0.2, -0.15) is 0 Å². The smallest absolute Gasteiger partial charge is 0.321 e. The summed E-state index contributed by atoms with van der Waals surface area (Å²) >= 11 is 0. The first kappa shape index (κ1) is 8.87. The van der Waals surface area contributed by atoms with Gasteiger partial charge in [0, 0.05) is 18.8 Å². The Hall–Kier alpha value is -1.71. The number of carbonyl (C=O) groups is 1. The standard InChI is InChI=1S/C10H12N2O2/c1-14-9-4-2-8(3-5-9)11-10(13)12-6-7-12/h2-5H,6-7H2,1H3,(H,11,13). The molecule has 0 aliphatic carbocycles. The minimum Gasteiger partial charge on any atom is -0.497 e. The molecule has 14 heavy (non-hydrogen) atoms. The fraction of sp³-hybridized carbons (Fsp3) is 0.300. The van der Waals surface area contributed by atoms with Gasteiger partial charge in [0.25, 0.3) is 0 Å². The van der Waals surface area contributed by atoms with Crippen molar-refractivity contribution in [1.29, 1.82) is 0 Å². The van der Waals surface area contributed by atoms with Crippen molar-refractivity contribution < 1.29 is 9.53 Å². The van der Waals surface area contributed by atoms with E-state index in [9.17, 15) is 4.79 Å². The molecule has 0 aromatic heterocycles. The lowest BCUT2D eigenvalue weighted by atomic mass is 10.3. The number of anilines is 1. The first-order valence-electron chi connectivity index (χ1n) is 4.49. The molecule has 0 atom stereocenters. The van der Waals surface area contributed by atoms with Gasteiger partial charge in [0.15, 0.2) is 0 Å². The number of urea groups is 1. The Bertz CT molecular complexity index is 330. The Balaban J connectivity index is 1.98. The van der Waals surface area contributed by atoms with Crippen molar-refractivity contribution in [2.24, 2.45) is 0 Å². The van der Waals surface area contributed by atoms with Crippen LogP contribution in [0, 0.1) is 0 Å². The second-order valence-corrected chi connectivity index (χ2v) is 3.15. The second kappa shape index (κ2) is 3.57. The van der Waals surface area contributed by atoms with E-state index in [1.165, 1.54) is 0 Å². The van der Waals surface area contributed by atoms with E-state index in [2.05, 4.69) is 5.32 Å². The number of ether oxygens (including phenoxy) is 1. The predicted molar refractivity (Wildman–Crippen MR) is 53.6 cm³/mol. The molecule has 1 N–H and O–H groups in total. The van der Waals surface area contributed by atoms with Crippen LogP contribution in [0.5, 0.6) is 5.75 Å². The molecule has 0 spiro atoms. The van der Waals surface area contributed by atoms with E-state index in [0.717, 1.165) is 24.5 Å². The summed E-state index contributed by atoms with van der Waals surface area (Å²) in [6.07, 6.45) is 0. The van der Waals surface area contributed by atoms with Crippen LogP contribution >= 0.6 is 0 Å². The molecule has 1 saturated heterocycles. The van der Waals surface area contributed by atoms with Crippen molar-refractivity contribution in [3.63, 3.8) is 0 Å². The Morgan fingerprint density at radius 2 is 2.00 bits per heavy atom. The lowest BCUT2D eigenvalue weighted by molar-refractivity contribution is 0.242. The second-order valence-electron chi connectivity index (χ2n) is 3.15. The molecule has 2 amide bonds. The highest BCUT2D eigenvalue weighted by Gasteiger charge is 2.23. The topological polar surface area (TPSA) is 41.3 Å². The van der Waals surface area contributed by atoms with E-state index in [1.807, 2.05) is 24.3 Å². The summed E-state index contributed by atoms with van der Waals surface area (Å²) in [6, 6.07) is 7.24. The Morgan fingerprint density at radius 3 is 2.50 bits per heavy atom. The number of amides is 2. The summed E-state index contributed by atoms with van der Waals surface area (Å²) < 4.78 is 5.01. The molecule has 0 radical (unpaired) electrons. The minimum atomic E-state index is -0.0323. The quantitative estimate of drug-likeness (QED) is 0.722. The van der Waals surface area contributed by atoms with Gasteiger partial charge in [-0.25, -0.2) is 4.79 Å². The normalized spacial score (nSPS) is 13.6. The SMILES string of the molecule is COc1ccc(NC(=O)N2CC2)cc1. The third kappa shape index (κ3) is 1.96. The van der Waals surface area contributed by atoms with Crippen molar-refractivity contribution in [2.75, 3.05) is 25.5 Å². The molecular weight excluding hydrogens is 180 g/mol. The summed E-state index contributed by atoms with van der Waals surface area (Å²) in [6.45, 7) is 1.73. The molecule has 1 aromatic carbocycles. The average molecular weight is 192 g/mol. The largest absolute Gasteiger partial charge is 0.497 e. The van der Waals surface area contributed by atoms with Gasteiger partial charge in [0.2, 0.25) is 0 Å². The van der Waals surface area contributed by atoms with Crippen LogP contribution in [0.2, 0.25) is 0 Å². The van der Waals surface area contributed by atoms with Gasteiger partial charge in [-0.05, 0) is 24.3 Å². The predicted octanol–water partition coefficient (Wildman–Crippen LogP) is 1.54. The molecule has 0 bridgehead atoms. The molecule has 4 nitrogen and oxygen atoms in total. The molecule has 2 rings (SSSR count). The molecule has 1 aliphatic rings. The number of nitrogens with one attached hydrogen (secondary N) is 1. The fourth-order valence-electron chi connectivity index (χ4n) is 1.13. The van der Waals surface area contributed by atoms with Crippen LogP contribution < -0.4 is 10.1 Å². The van der Waals surface area contributed by atoms with Crippen LogP contribution in [0.25, 0.3) is 0 Å². The highest BCUT2D eigenvalue weighted by molar-refractivity contribution is 5.90. The summed E-state index contributed by atoms with van der Waals surface area (Å²) in [7, 11) is 1.61. The number of hydrogen-bond acceptors (Lipinski definition) is 2. The molecule has 74 valence electrons. The summed E-state index contributed by atoms with van der Waals surface area (Å²) in [5.41, 5.74) is 0.794. The minimum absolute atomic E-state index is 0.0323. The van der Waals surface area contributed by atoms with Crippen LogP contribution in [-0.2, 0) is 0 Å². The van der Waals surface area contributed by atoms with Gasteiger partial charge in [0.05, 0.1) is 7.11 Å². The van der Waals surface area contributed by atoms with Crippen LogP contribution in [-0.4, -0.2) is 31.1 Å². The number of nitrogens with zero attached hydrogens (tertiary/aromatic N) is 1. The van der Waals surface area contributed by atoms with Crippen molar-refractivity contribution >= 4 is 11.7 Å². The maximum Gasteiger partial charge on any atom is 0.321 e. The number of methoxy groups -OCH3 is 1. The molecule has 1 aliphatic heterocycles. The Labute approximate surface area is 82.5 Å². The van der Waals surface area contributed by atoms with Gasteiger partial charge >= 0.3 is 6.03 Å². The number of benzene rings is 1. The van der Waals surface area contributed by atoms with E-state index in [0.29, 0.717) is 0 Å². The van der Waals surface area contributed by atoms with Gasteiger partial charge < -0.3 is 15.0 Å². The van der Waals surface area contributed by atoms with Crippen molar-refractivity contribution in [3.05, 3.63) is 24.3 Å². The van der Waals surface area contributed by atoms with Crippen molar-refractivity contribution in [1.82, 2.24) is 4.90 Å². The molecule has 1 fully saturated rings. The summed E-state index contributed by atoms with van der Waals surface area (Å²) in [5.74, 6) is 0.787. The molecule has 4 heteroatoms. The molecule has 0 saturated carbocycles. The van der Waals surface area contributed by atoms with Gasteiger partial charge in [-0.15, -0.1) is 0 Å². The molecule has 1 aromatic rings. The van der Waals surface area contributed by atoms with Crippen LogP contribution in [0.1, 0.15) is 0 Å².